The number of aromatic amines is 2. The third-order valence-electron chi connectivity index (χ3n) is 4.28. The van der Waals surface area contributed by atoms with Crippen LogP contribution in [0.1, 0.15) is 17.0 Å². The van der Waals surface area contributed by atoms with Crippen LogP contribution < -0.4 is 10.1 Å². The molecule has 2 amide bonds. The third kappa shape index (κ3) is 4.14. The number of benzene rings is 1. The molecule has 0 aliphatic heterocycles. The first-order valence-electron chi connectivity index (χ1n) is 8.78. The fourth-order valence-corrected chi connectivity index (χ4v) is 2.84. The van der Waals surface area contributed by atoms with E-state index in [9.17, 15) is 4.79 Å². The highest BCUT2D eigenvalue weighted by Crippen LogP contribution is 2.22. The summed E-state index contributed by atoms with van der Waals surface area (Å²) in [5.41, 5.74) is 3.53. The number of aromatic nitrogens is 4. The lowest BCUT2D eigenvalue weighted by atomic mass is 10.2. The first-order chi connectivity index (χ1) is 13.7. The van der Waals surface area contributed by atoms with Gasteiger partial charge in [0.05, 0.1) is 19.3 Å². The molecule has 4 aromatic rings. The first kappa shape index (κ1) is 17.7. The lowest BCUT2D eigenvalue weighted by molar-refractivity contribution is 0.206. The average Bonchev–Trinajstić information content (AvgIpc) is 3.45. The molecule has 0 unspecified atom stereocenters. The molecule has 0 aliphatic carbocycles. The van der Waals surface area contributed by atoms with Crippen molar-refractivity contribution in [2.24, 2.45) is 0 Å². The first-order valence-corrected chi connectivity index (χ1v) is 8.78. The molecule has 3 aromatic heterocycles. The molecule has 0 saturated heterocycles. The number of carbonyl (C=O) groups is 1. The largest absolute Gasteiger partial charge is 0.487 e. The fraction of sp³-hybridized carbons (Fsp3) is 0.211. The number of fused-ring (bicyclic) bond motifs is 1. The zero-order valence-electron chi connectivity index (χ0n) is 15.3. The van der Waals surface area contributed by atoms with E-state index in [1.165, 1.54) is 6.26 Å². The number of nitrogens with one attached hydrogen (secondary N) is 3. The molecular formula is C19H20N6O3. The molecule has 0 atom stereocenters. The summed E-state index contributed by atoms with van der Waals surface area (Å²) in [5, 5.41) is 14.4. The van der Waals surface area contributed by atoms with E-state index >= 15 is 0 Å². The van der Waals surface area contributed by atoms with Gasteiger partial charge >= 0.3 is 6.03 Å². The van der Waals surface area contributed by atoms with Gasteiger partial charge in [0.2, 0.25) is 0 Å². The number of H-pyrrole nitrogens is 2. The molecule has 9 nitrogen and oxygen atoms in total. The van der Waals surface area contributed by atoms with E-state index in [0.717, 1.165) is 33.6 Å². The van der Waals surface area contributed by atoms with Crippen LogP contribution in [0.2, 0.25) is 0 Å². The van der Waals surface area contributed by atoms with E-state index in [2.05, 4.69) is 25.7 Å². The normalized spacial score (nSPS) is 10.9. The van der Waals surface area contributed by atoms with Crippen LogP contribution in [0.4, 0.5) is 4.79 Å². The summed E-state index contributed by atoms with van der Waals surface area (Å²) in [6.07, 6.45) is 4.98. The van der Waals surface area contributed by atoms with Gasteiger partial charge in [0.15, 0.2) is 0 Å². The van der Waals surface area contributed by atoms with Crippen molar-refractivity contribution >= 4 is 16.9 Å². The topological polar surface area (TPSA) is 112 Å². The van der Waals surface area contributed by atoms with E-state index in [0.29, 0.717) is 19.7 Å². The van der Waals surface area contributed by atoms with E-state index < -0.39 is 0 Å². The van der Waals surface area contributed by atoms with E-state index in [1.807, 2.05) is 24.3 Å². The Morgan fingerprint density at radius 2 is 2.25 bits per heavy atom. The van der Waals surface area contributed by atoms with Crippen molar-refractivity contribution in [1.29, 1.82) is 0 Å². The summed E-state index contributed by atoms with van der Waals surface area (Å²) in [7, 11) is 1.74. The van der Waals surface area contributed by atoms with Crippen LogP contribution in [0.15, 0.2) is 53.5 Å². The summed E-state index contributed by atoms with van der Waals surface area (Å²) >= 11 is 0. The van der Waals surface area contributed by atoms with Gasteiger partial charge in [0.1, 0.15) is 24.3 Å². The predicted molar refractivity (Wildman–Crippen MR) is 101 cm³/mol. The Kier molecular flexibility index (Phi) is 4.96. The highest BCUT2D eigenvalue weighted by Gasteiger charge is 2.10. The van der Waals surface area contributed by atoms with Gasteiger partial charge < -0.3 is 24.5 Å². The van der Waals surface area contributed by atoms with E-state index in [-0.39, 0.29) is 6.03 Å². The van der Waals surface area contributed by atoms with Crippen molar-refractivity contribution in [1.82, 2.24) is 30.6 Å². The Labute approximate surface area is 160 Å². The molecule has 0 bridgehead atoms. The molecule has 3 heterocycles. The van der Waals surface area contributed by atoms with Gasteiger partial charge in [-0.1, -0.05) is 5.16 Å². The summed E-state index contributed by atoms with van der Waals surface area (Å²) in [4.78, 5) is 17.2. The maximum Gasteiger partial charge on any atom is 0.317 e. The van der Waals surface area contributed by atoms with Crippen molar-refractivity contribution in [3.63, 3.8) is 0 Å². The SMILES string of the molecule is CN(Cc1cn[nH]c1)C(=O)NCc1cc2ccc(OCc3ccon3)cc2[nH]1. The molecule has 3 N–H and O–H groups in total. The van der Waals surface area contributed by atoms with Crippen LogP contribution in [0.3, 0.4) is 0 Å². The van der Waals surface area contributed by atoms with Crippen LogP contribution in [0.25, 0.3) is 10.9 Å². The summed E-state index contributed by atoms with van der Waals surface area (Å²) in [6, 6.07) is 9.41. The molecule has 9 heteroatoms. The minimum Gasteiger partial charge on any atom is -0.487 e. The molecular weight excluding hydrogens is 360 g/mol. The Bertz CT molecular complexity index is 1040. The molecule has 1 aromatic carbocycles. The van der Waals surface area contributed by atoms with E-state index in [4.69, 9.17) is 9.26 Å². The smallest absolute Gasteiger partial charge is 0.317 e. The van der Waals surface area contributed by atoms with Crippen molar-refractivity contribution in [3.05, 3.63) is 65.9 Å². The average molecular weight is 380 g/mol. The molecule has 0 fully saturated rings. The minimum absolute atomic E-state index is 0.156. The maximum atomic E-state index is 12.2. The molecule has 0 radical (unpaired) electrons. The van der Waals surface area contributed by atoms with Crippen molar-refractivity contribution in [2.75, 3.05) is 7.05 Å². The Balaban J connectivity index is 1.34. The van der Waals surface area contributed by atoms with Gasteiger partial charge in [-0.25, -0.2) is 4.79 Å². The van der Waals surface area contributed by atoms with Crippen LogP contribution in [-0.2, 0) is 19.7 Å². The Hall–Kier alpha value is -3.75. The quantitative estimate of drug-likeness (QED) is 0.456. The number of hydrogen-bond acceptors (Lipinski definition) is 5. The number of ether oxygens (including phenoxy) is 1. The van der Waals surface area contributed by atoms with Gasteiger partial charge in [-0.05, 0) is 23.6 Å². The van der Waals surface area contributed by atoms with E-state index in [1.54, 1.807) is 30.4 Å². The number of carbonyl (C=O) groups excluding carboxylic acids is 1. The van der Waals surface area contributed by atoms with Crippen molar-refractivity contribution in [2.45, 2.75) is 19.7 Å². The van der Waals surface area contributed by atoms with Crippen LogP contribution >= 0.6 is 0 Å². The molecule has 0 spiro atoms. The number of amides is 2. The number of urea groups is 1. The third-order valence-corrected chi connectivity index (χ3v) is 4.28. The Morgan fingerprint density at radius 3 is 3.04 bits per heavy atom. The monoisotopic (exact) mass is 380 g/mol. The molecule has 28 heavy (non-hydrogen) atoms. The predicted octanol–water partition coefficient (Wildman–Crippen LogP) is 2.80. The fourth-order valence-electron chi connectivity index (χ4n) is 2.84. The standard InChI is InChI=1S/C19H20N6O3/c1-25(11-13-8-21-22-9-13)19(26)20-10-16-6-14-2-3-17(7-18(14)23-16)27-12-15-4-5-28-24-15/h2-9,23H,10-12H2,1H3,(H,20,26)(H,21,22). The van der Waals surface area contributed by atoms with Crippen molar-refractivity contribution in [3.8, 4) is 5.75 Å². The molecule has 4 rings (SSSR count). The summed E-state index contributed by atoms with van der Waals surface area (Å²) in [6.45, 7) is 1.23. The molecule has 144 valence electrons. The minimum atomic E-state index is -0.156. The highest BCUT2D eigenvalue weighted by molar-refractivity contribution is 5.82. The van der Waals surface area contributed by atoms with Crippen molar-refractivity contribution < 1.29 is 14.1 Å². The van der Waals surface area contributed by atoms with Gasteiger partial charge in [-0.2, -0.15) is 5.10 Å². The summed E-state index contributed by atoms with van der Waals surface area (Å²) in [5.74, 6) is 0.729. The summed E-state index contributed by atoms with van der Waals surface area (Å²) < 4.78 is 10.5. The lowest BCUT2D eigenvalue weighted by Gasteiger charge is -2.16. The number of rotatable bonds is 7. The van der Waals surface area contributed by atoms with Gasteiger partial charge in [0.25, 0.3) is 0 Å². The Morgan fingerprint density at radius 1 is 1.32 bits per heavy atom. The zero-order chi connectivity index (χ0) is 19.3. The second-order valence-electron chi connectivity index (χ2n) is 6.44. The zero-order valence-corrected chi connectivity index (χ0v) is 15.3. The number of nitrogens with zero attached hydrogens (tertiary/aromatic N) is 3. The van der Waals surface area contributed by atoms with Gasteiger partial charge in [0, 0.05) is 42.2 Å². The van der Waals surface area contributed by atoms with Crippen LogP contribution in [0, 0.1) is 0 Å². The van der Waals surface area contributed by atoms with Crippen LogP contribution in [0.5, 0.6) is 5.75 Å². The number of hydrogen-bond donors (Lipinski definition) is 3. The second kappa shape index (κ2) is 7.87. The maximum absolute atomic E-state index is 12.2. The van der Waals surface area contributed by atoms with Gasteiger partial charge in [-0.15, -0.1) is 0 Å². The van der Waals surface area contributed by atoms with Gasteiger partial charge in [-0.3, -0.25) is 5.10 Å². The molecule has 0 saturated carbocycles. The lowest BCUT2D eigenvalue weighted by Crippen LogP contribution is -2.36. The highest BCUT2D eigenvalue weighted by atomic mass is 16.5. The second-order valence-corrected chi connectivity index (χ2v) is 6.44. The molecule has 0 aliphatic rings. The van der Waals surface area contributed by atoms with Crippen LogP contribution in [-0.4, -0.2) is 38.3 Å².